The average molecular weight is 332 g/mol. The van der Waals surface area contributed by atoms with Crippen molar-refractivity contribution in [2.75, 3.05) is 57.4 Å². The number of nitrogens with one attached hydrogen (secondary N) is 1. The summed E-state index contributed by atoms with van der Waals surface area (Å²) in [5.41, 5.74) is 0.181. The minimum Gasteiger partial charge on any atom is -0.381 e. The lowest BCUT2D eigenvalue weighted by Crippen LogP contribution is -2.53. The fourth-order valence-electron chi connectivity index (χ4n) is 3.10. The molecule has 0 amide bonds. The number of guanidine groups is 1. The maximum absolute atomic E-state index is 5.54. The standard InChI is InChI=1S/C17H28N6O/c1-3-18-15(21-13-17(2)5-12-24-14-17)22-8-10-23(11-9-22)16-19-6-4-7-20-16/h4,6-7H,3,5,8-14H2,1-2H3,(H,18,21). The first-order valence-corrected chi connectivity index (χ1v) is 8.83. The third kappa shape index (κ3) is 4.14. The summed E-state index contributed by atoms with van der Waals surface area (Å²) < 4.78 is 5.54. The van der Waals surface area contributed by atoms with Crippen LogP contribution in [0.1, 0.15) is 20.3 Å². The Bertz CT molecular complexity index is 535. The van der Waals surface area contributed by atoms with Crippen LogP contribution in [-0.2, 0) is 4.74 Å². The lowest BCUT2D eigenvalue weighted by molar-refractivity contribution is 0.162. The predicted octanol–water partition coefficient (Wildman–Crippen LogP) is 0.991. The maximum atomic E-state index is 5.54. The van der Waals surface area contributed by atoms with Crippen molar-refractivity contribution in [1.29, 1.82) is 0 Å². The van der Waals surface area contributed by atoms with Crippen LogP contribution >= 0.6 is 0 Å². The first-order valence-electron chi connectivity index (χ1n) is 8.83. The Balaban J connectivity index is 1.59. The molecular formula is C17H28N6O. The van der Waals surface area contributed by atoms with Crippen LogP contribution in [-0.4, -0.2) is 73.3 Å². The van der Waals surface area contributed by atoms with Crippen LogP contribution in [0.25, 0.3) is 0 Å². The summed E-state index contributed by atoms with van der Waals surface area (Å²) in [5.74, 6) is 1.83. The van der Waals surface area contributed by atoms with Gasteiger partial charge in [0.25, 0.3) is 0 Å². The number of nitrogens with zero attached hydrogens (tertiary/aromatic N) is 5. The topological polar surface area (TPSA) is 65.9 Å². The Kier molecular flexibility index (Phi) is 5.50. The molecule has 7 heteroatoms. The molecule has 0 saturated carbocycles. The molecule has 7 nitrogen and oxygen atoms in total. The number of ether oxygens (including phenoxy) is 1. The molecule has 2 aliphatic rings. The molecule has 0 aromatic carbocycles. The second-order valence-electron chi connectivity index (χ2n) is 6.81. The smallest absolute Gasteiger partial charge is 0.225 e. The van der Waals surface area contributed by atoms with Crippen LogP contribution in [0.3, 0.4) is 0 Å². The van der Waals surface area contributed by atoms with Crippen LogP contribution in [0.4, 0.5) is 5.95 Å². The molecule has 3 rings (SSSR count). The lowest BCUT2D eigenvalue weighted by atomic mass is 9.90. The Morgan fingerprint density at radius 1 is 1.29 bits per heavy atom. The summed E-state index contributed by atoms with van der Waals surface area (Å²) in [4.78, 5) is 18.1. The molecule has 1 unspecified atom stereocenters. The van der Waals surface area contributed by atoms with E-state index in [1.165, 1.54) is 0 Å². The zero-order chi connectivity index (χ0) is 16.8. The third-order valence-corrected chi connectivity index (χ3v) is 4.66. The minimum atomic E-state index is 0.181. The number of rotatable bonds is 4. The quantitative estimate of drug-likeness (QED) is 0.655. The zero-order valence-electron chi connectivity index (χ0n) is 14.7. The number of hydrogen-bond donors (Lipinski definition) is 1. The number of aromatic nitrogens is 2. The van der Waals surface area contributed by atoms with Gasteiger partial charge in [-0.05, 0) is 19.4 Å². The van der Waals surface area contributed by atoms with Gasteiger partial charge >= 0.3 is 0 Å². The molecule has 0 aliphatic carbocycles. The van der Waals surface area contributed by atoms with E-state index in [4.69, 9.17) is 9.73 Å². The number of aliphatic imine (C=N–C) groups is 1. The number of anilines is 1. The van der Waals surface area contributed by atoms with Crippen LogP contribution in [0.15, 0.2) is 23.5 Å². The highest BCUT2D eigenvalue weighted by Crippen LogP contribution is 2.28. The molecule has 2 saturated heterocycles. The van der Waals surface area contributed by atoms with Gasteiger partial charge in [0.2, 0.25) is 5.95 Å². The molecule has 2 fully saturated rings. The van der Waals surface area contributed by atoms with Gasteiger partial charge in [-0.2, -0.15) is 0 Å². The summed E-state index contributed by atoms with van der Waals surface area (Å²) in [6.45, 7) is 11.4. The molecule has 0 spiro atoms. The minimum absolute atomic E-state index is 0.181. The Morgan fingerprint density at radius 3 is 2.67 bits per heavy atom. The molecule has 3 heterocycles. The van der Waals surface area contributed by atoms with Gasteiger partial charge in [0.15, 0.2) is 5.96 Å². The molecule has 132 valence electrons. The summed E-state index contributed by atoms with van der Waals surface area (Å²) >= 11 is 0. The summed E-state index contributed by atoms with van der Waals surface area (Å²) in [6, 6.07) is 1.85. The van der Waals surface area contributed by atoms with Crippen molar-refractivity contribution in [3.05, 3.63) is 18.5 Å². The maximum Gasteiger partial charge on any atom is 0.225 e. The number of piperazine rings is 1. The first kappa shape index (κ1) is 17.0. The van der Waals surface area contributed by atoms with Crippen molar-refractivity contribution in [1.82, 2.24) is 20.2 Å². The normalized spacial score (nSPS) is 25.2. The molecule has 1 N–H and O–H groups in total. The van der Waals surface area contributed by atoms with E-state index in [1.54, 1.807) is 12.4 Å². The van der Waals surface area contributed by atoms with E-state index < -0.39 is 0 Å². The average Bonchev–Trinajstić information content (AvgIpc) is 3.06. The molecule has 1 atom stereocenters. The second kappa shape index (κ2) is 7.79. The fourth-order valence-corrected chi connectivity index (χ4v) is 3.10. The Hall–Kier alpha value is -1.89. The van der Waals surface area contributed by atoms with Gasteiger partial charge in [0.1, 0.15) is 0 Å². The van der Waals surface area contributed by atoms with Crippen molar-refractivity contribution in [2.24, 2.45) is 10.4 Å². The molecule has 1 aromatic rings. The van der Waals surface area contributed by atoms with E-state index in [9.17, 15) is 0 Å². The van der Waals surface area contributed by atoms with E-state index in [2.05, 4.69) is 38.9 Å². The monoisotopic (exact) mass is 332 g/mol. The van der Waals surface area contributed by atoms with Crippen molar-refractivity contribution in [3.63, 3.8) is 0 Å². The van der Waals surface area contributed by atoms with Gasteiger partial charge in [-0.15, -0.1) is 0 Å². The summed E-state index contributed by atoms with van der Waals surface area (Å²) in [7, 11) is 0. The van der Waals surface area contributed by atoms with Crippen LogP contribution < -0.4 is 10.2 Å². The zero-order valence-corrected chi connectivity index (χ0v) is 14.7. The van der Waals surface area contributed by atoms with Crippen molar-refractivity contribution in [2.45, 2.75) is 20.3 Å². The summed E-state index contributed by atoms with van der Waals surface area (Å²) in [5, 5.41) is 3.43. The van der Waals surface area contributed by atoms with E-state index in [-0.39, 0.29) is 5.41 Å². The van der Waals surface area contributed by atoms with Crippen molar-refractivity contribution >= 4 is 11.9 Å². The van der Waals surface area contributed by atoms with Crippen molar-refractivity contribution in [3.8, 4) is 0 Å². The SMILES string of the molecule is CCNC(=NCC1(C)CCOC1)N1CCN(c2ncccn2)CC1. The van der Waals surface area contributed by atoms with Gasteiger partial charge in [-0.25, -0.2) is 9.97 Å². The van der Waals surface area contributed by atoms with Crippen LogP contribution in [0, 0.1) is 5.41 Å². The highest BCUT2D eigenvalue weighted by atomic mass is 16.5. The molecule has 1 aromatic heterocycles. The van der Waals surface area contributed by atoms with Crippen LogP contribution in [0.5, 0.6) is 0 Å². The van der Waals surface area contributed by atoms with E-state index in [0.717, 1.165) is 70.8 Å². The van der Waals surface area contributed by atoms with Gasteiger partial charge < -0.3 is 19.9 Å². The first-order chi connectivity index (χ1) is 11.7. The highest BCUT2D eigenvalue weighted by Gasteiger charge is 2.30. The van der Waals surface area contributed by atoms with Crippen molar-refractivity contribution < 1.29 is 4.74 Å². The van der Waals surface area contributed by atoms with Gasteiger partial charge in [0, 0.05) is 57.1 Å². The molecule has 0 radical (unpaired) electrons. The number of hydrogen-bond acceptors (Lipinski definition) is 5. The molecule has 24 heavy (non-hydrogen) atoms. The predicted molar refractivity (Wildman–Crippen MR) is 95.3 cm³/mol. The van der Waals surface area contributed by atoms with E-state index >= 15 is 0 Å². The Labute approximate surface area is 144 Å². The van der Waals surface area contributed by atoms with Gasteiger partial charge in [-0.3, -0.25) is 4.99 Å². The van der Waals surface area contributed by atoms with E-state index in [0.29, 0.717) is 0 Å². The third-order valence-electron chi connectivity index (χ3n) is 4.66. The molecular weight excluding hydrogens is 304 g/mol. The Morgan fingerprint density at radius 2 is 2.04 bits per heavy atom. The highest BCUT2D eigenvalue weighted by molar-refractivity contribution is 5.80. The lowest BCUT2D eigenvalue weighted by Gasteiger charge is -2.36. The van der Waals surface area contributed by atoms with E-state index in [1.807, 2.05) is 6.07 Å². The summed E-state index contributed by atoms with van der Waals surface area (Å²) in [6.07, 6.45) is 4.68. The largest absolute Gasteiger partial charge is 0.381 e. The fraction of sp³-hybridized carbons (Fsp3) is 0.706. The molecule has 0 bridgehead atoms. The molecule has 2 aliphatic heterocycles. The van der Waals surface area contributed by atoms with Crippen LogP contribution in [0.2, 0.25) is 0 Å². The van der Waals surface area contributed by atoms with Gasteiger partial charge in [-0.1, -0.05) is 6.92 Å². The van der Waals surface area contributed by atoms with Gasteiger partial charge in [0.05, 0.1) is 13.2 Å². The second-order valence-corrected chi connectivity index (χ2v) is 6.81.